The average molecular weight is 269 g/mol. The molecule has 0 saturated heterocycles. The van der Waals surface area contributed by atoms with E-state index in [0.29, 0.717) is 23.4 Å². The summed E-state index contributed by atoms with van der Waals surface area (Å²) < 4.78 is 28.2. The third-order valence-electron chi connectivity index (χ3n) is 3.18. The summed E-state index contributed by atoms with van der Waals surface area (Å²) in [6.45, 7) is 5.49. The van der Waals surface area contributed by atoms with Crippen LogP contribution in [-0.2, 0) is 6.54 Å². The Balaban J connectivity index is 2.69. The van der Waals surface area contributed by atoms with Crippen molar-refractivity contribution in [1.82, 2.24) is 9.55 Å². The maximum atomic E-state index is 13.3. The Bertz CT molecular complexity index is 616. The second-order valence-electron chi connectivity index (χ2n) is 5.10. The topological polar surface area (TPSA) is 64.1 Å². The van der Waals surface area contributed by atoms with E-state index < -0.39 is 23.3 Å². The van der Waals surface area contributed by atoms with Crippen LogP contribution in [0.15, 0.2) is 12.1 Å². The molecule has 0 amide bonds. The summed E-state index contributed by atoms with van der Waals surface area (Å²) in [5, 5.41) is 9.97. The summed E-state index contributed by atoms with van der Waals surface area (Å²) in [5.41, 5.74) is 5.59. The van der Waals surface area contributed by atoms with E-state index >= 15 is 0 Å². The van der Waals surface area contributed by atoms with E-state index in [2.05, 4.69) is 4.98 Å². The van der Waals surface area contributed by atoms with Crippen molar-refractivity contribution in [3.05, 3.63) is 29.6 Å². The molecule has 19 heavy (non-hydrogen) atoms. The van der Waals surface area contributed by atoms with Crippen LogP contribution in [0.1, 0.15) is 32.6 Å². The molecule has 0 aliphatic rings. The van der Waals surface area contributed by atoms with Crippen molar-refractivity contribution in [2.24, 2.45) is 5.73 Å². The molecule has 0 bridgehead atoms. The standard InChI is InChI=1S/C13H17F2N3O/c1-4-18-10-6-8(15)7(14)5-9(10)17-12(18)11(16)13(2,3)19/h5-6,11,19H,4,16H2,1-3H3/t11-/m1/s1. The molecule has 2 aromatic rings. The van der Waals surface area contributed by atoms with Crippen LogP contribution in [0, 0.1) is 11.6 Å². The molecule has 0 spiro atoms. The fourth-order valence-electron chi connectivity index (χ4n) is 2.02. The number of nitrogens with two attached hydrogens (primary N) is 1. The summed E-state index contributed by atoms with van der Waals surface area (Å²) in [6.07, 6.45) is 0. The highest BCUT2D eigenvalue weighted by Gasteiger charge is 2.29. The quantitative estimate of drug-likeness (QED) is 0.897. The Labute approximate surface area is 109 Å². The van der Waals surface area contributed by atoms with Gasteiger partial charge in [0.05, 0.1) is 22.7 Å². The number of aliphatic hydroxyl groups is 1. The van der Waals surface area contributed by atoms with E-state index in [1.807, 2.05) is 6.92 Å². The van der Waals surface area contributed by atoms with Crippen molar-refractivity contribution in [2.75, 3.05) is 0 Å². The first kappa shape index (κ1) is 13.9. The lowest BCUT2D eigenvalue weighted by Gasteiger charge is -2.25. The highest BCUT2D eigenvalue weighted by atomic mass is 19.2. The van der Waals surface area contributed by atoms with Gasteiger partial charge in [0.2, 0.25) is 0 Å². The maximum absolute atomic E-state index is 13.3. The molecular formula is C13H17F2N3O. The lowest BCUT2D eigenvalue weighted by atomic mass is 9.99. The number of imidazole rings is 1. The van der Waals surface area contributed by atoms with Gasteiger partial charge in [0, 0.05) is 18.7 Å². The number of aromatic nitrogens is 2. The van der Waals surface area contributed by atoms with E-state index in [9.17, 15) is 13.9 Å². The van der Waals surface area contributed by atoms with Crippen LogP contribution < -0.4 is 5.73 Å². The van der Waals surface area contributed by atoms with Gasteiger partial charge < -0.3 is 15.4 Å². The summed E-state index contributed by atoms with van der Waals surface area (Å²) in [7, 11) is 0. The third kappa shape index (κ3) is 2.33. The molecule has 2 rings (SSSR count). The van der Waals surface area contributed by atoms with Gasteiger partial charge >= 0.3 is 0 Å². The predicted octanol–water partition coefficient (Wildman–Crippen LogP) is 2.11. The summed E-state index contributed by atoms with van der Waals surface area (Å²) >= 11 is 0. The zero-order valence-electron chi connectivity index (χ0n) is 11.1. The Kier molecular flexibility index (Phi) is 3.32. The van der Waals surface area contributed by atoms with Gasteiger partial charge in [0.25, 0.3) is 0 Å². The van der Waals surface area contributed by atoms with Crippen LogP contribution in [0.25, 0.3) is 11.0 Å². The molecule has 0 unspecified atom stereocenters. The van der Waals surface area contributed by atoms with Crippen molar-refractivity contribution in [1.29, 1.82) is 0 Å². The van der Waals surface area contributed by atoms with Crippen molar-refractivity contribution in [3.63, 3.8) is 0 Å². The zero-order valence-corrected chi connectivity index (χ0v) is 11.1. The molecule has 1 aromatic heterocycles. The van der Waals surface area contributed by atoms with Gasteiger partial charge in [-0.2, -0.15) is 0 Å². The van der Waals surface area contributed by atoms with Crippen molar-refractivity contribution < 1.29 is 13.9 Å². The molecule has 1 atom stereocenters. The Morgan fingerprint density at radius 3 is 2.47 bits per heavy atom. The van der Waals surface area contributed by atoms with Gasteiger partial charge in [-0.1, -0.05) is 0 Å². The largest absolute Gasteiger partial charge is 0.388 e. The van der Waals surface area contributed by atoms with Crippen LogP contribution >= 0.6 is 0 Å². The monoisotopic (exact) mass is 269 g/mol. The molecular weight excluding hydrogens is 252 g/mol. The molecule has 0 saturated carbocycles. The number of hydrogen-bond donors (Lipinski definition) is 2. The number of benzene rings is 1. The number of hydrogen-bond acceptors (Lipinski definition) is 3. The molecule has 0 aliphatic heterocycles. The van der Waals surface area contributed by atoms with E-state index in [-0.39, 0.29) is 0 Å². The van der Waals surface area contributed by atoms with Gasteiger partial charge in [0.1, 0.15) is 5.82 Å². The average Bonchev–Trinajstić information content (AvgIpc) is 2.65. The first-order chi connectivity index (χ1) is 8.75. The number of halogens is 2. The highest BCUT2D eigenvalue weighted by molar-refractivity contribution is 5.76. The SMILES string of the molecule is CCn1c([C@@H](N)C(C)(C)O)nc2cc(F)c(F)cc21. The minimum atomic E-state index is -1.18. The van der Waals surface area contributed by atoms with Gasteiger partial charge in [-0.3, -0.25) is 0 Å². The molecule has 0 fully saturated rings. The lowest BCUT2D eigenvalue weighted by Crippen LogP contribution is -2.37. The number of rotatable bonds is 3. The number of nitrogens with zero attached hydrogens (tertiary/aromatic N) is 2. The van der Waals surface area contributed by atoms with Crippen LogP contribution in [-0.4, -0.2) is 20.3 Å². The Hall–Kier alpha value is -1.53. The number of fused-ring (bicyclic) bond motifs is 1. The molecule has 6 heteroatoms. The van der Waals surface area contributed by atoms with Crippen LogP contribution in [0.2, 0.25) is 0 Å². The molecule has 0 aliphatic carbocycles. The maximum Gasteiger partial charge on any atom is 0.161 e. The molecule has 1 heterocycles. The van der Waals surface area contributed by atoms with Gasteiger partial charge in [-0.05, 0) is 20.8 Å². The van der Waals surface area contributed by atoms with Crippen LogP contribution in [0.5, 0.6) is 0 Å². The minimum Gasteiger partial charge on any atom is -0.388 e. The molecule has 3 N–H and O–H groups in total. The lowest BCUT2D eigenvalue weighted by molar-refractivity contribution is 0.0478. The first-order valence-electron chi connectivity index (χ1n) is 6.08. The third-order valence-corrected chi connectivity index (χ3v) is 3.18. The van der Waals surface area contributed by atoms with E-state index in [1.165, 1.54) is 0 Å². The number of aryl methyl sites for hydroxylation is 1. The second kappa shape index (κ2) is 4.54. The summed E-state index contributed by atoms with van der Waals surface area (Å²) in [4.78, 5) is 4.22. The summed E-state index contributed by atoms with van der Waals surface area (Å²) in [5.74, 6) is -1.46. The highest BCUT2D eigenvalue weighted by Crippen LogP contribution is 2.27. The molecule has 1 aromatic carbocycles. The molecule has 4 nitrogen and oxygen atoms in total. The first-order valence-corrected chi connectivity index (χ1v) is 6.08. The van der Waals surface area contributed by atoms with Crippen molar-refractivity contribution in [2.45, 2.75) is 39.0 Å². The fraction of sp³-hybridized carbons (Fsp3) is 0.462. The second-order valence-corrected chi connectivity index (χ2v) is 5.10. The van der Waals surface area contributed by atoms with E-state index in [1.54, 1.807) is 18.4 Å². The smallest absolute Gasteiger partial charge is 0.161 e. The minimum absolute atomic E-state index is 0.329. The van der Waals surface area contributed by atoms with Gasteiger partial charge in [-0.15, -0.1) is 0 Å². The van der Waals surface area contributed by atoms with Gasteiger partial charge in [-0.25, -0.2) is 13.8 Å². The van der Waals surface area contributed by atoms with E-state index in [0.717, 1.165) is 12.1 Å². The summed E-state index contributed by atoms with van der Waals surface area (Å²) in [6, 6.07) is 1.39. The van der Waals surface area contributed by atoms with Crippen LogP contribution in [0.4, 0.5) is 8.78 Å². The predicted molar refractivity (Wildman–Crippen MR) is 68.5 cm³/mol. The van der Waals surface area contributed by atoms with Crippen molar-refractivity contribution in [3.8, 4) is 0 Å². The van der Waals surface area contributed by atoms with Crippen LogP contribution in [0.3, 0.4) is 0 Å². The molecule has 104 valence electrons. The van der Waals surface area contributed by atoms with Crippen molar-refractivity contribution >= 4 is 11.0 Å². The Morgan fingerprint density at radius 2 is 1.95 bits per heavy atom. The van der Waals surface area contributed by atoms with Gasteiger partial charge in [0.15, 0.2) is 11.6 Å². The van der Waals surface area contributed by atoms with E-state index in [4.69, 9.17) is 5.73 Å². The fourth-order valence-corrected chi connectivity index (χ4v) is 2.02. The zero-order chi connectivity index (χ0) is 14.4. The normalized spacial score (nSPS) is 14.1. The Morgan fingerprint density at radius 1 is 1.37 bits per heavy atom. The molecule has 0 radical (unpaired) electrons.